The van der Waals surface area contributed by atoms with E-state index in [9.17, 15) is 4.39 Å². The van der Waals surface area contributed by atoms with Crippen LogP contribution in [0.15, 0.2) is 30.6 Å². The molecule has 4 nitrogen and oxygen atoms in total. The van der Waals surface area contributed by atoms with Crippen LogP contribution >= 0.6 is 0 Å². The first-order valence-corrected chi connectivity index (χ1v) is 6.22. The maximum Gasteiger partial charge on any atom is 0.123 e. The van der Waals surface area contributed by atoms with Crippen LogP contribution in [0.25, 0.3) is 0 Å². The number of halogens is 1. The highest BCUT2D eigenvalue weighted by atomic mass is 19.1. The quantitative estimate of drug-likeness (QED) is 0.891. The number of nitrogens with zero attached hydrogens (tertiary/aromatic N) is 3. The Bertz CT molecular complexity index is 550. The molecule has 0 aliphatic rings. The Labute approximate surface area is 112 Å². The molecule has 0 fully saturated rings. The lowest BCUT2D eigenvalue weighted by Gasteiger charge is -2.18. The minimum atomic E-state index is -0.240. The maximum atomic E-state index is 13.1. The number of aromatic nitrogens is 2. The van der Waals surface area contributed by atoms with Gasteiger partial charge in [0.05, 0.1) is 6.54 Å². The van der Waals surface area contributed by atoms with E-state index in [1.165, 1.54) is 12.1 Å². The summed E-state index contributed by atoms with van der Waals surface area (Å²) < 4.78 is 15.1. The van der Waals surface area contributed by atoms with Crippen LogP contribution in [0.3, 0.4) is 0 Å². The molecule has 2 aromatic rings. The van der Waals surface area contributed by atoms with Gasteiger partial charge in [-0.3, -0.25) is 4.90 Å². The minimum absolute atomic E-state index is 0.240. The molecule has 0 radical (unpaired) electrons. The second-order valence-electron chi connectivity index (χ2n) is 4.74. The average molecular weight is 262 g/mol. The van der Waals surface area contributed by atoms with Gasteiger partial charge in [-0.2, -0.15) is 0 Å². The molecule has 0 atom stereocenters. The molecule has 1 aromatic carbocycles. The predicted octanol–water partition coefficient (Wildman–Crippen LogP) is 1.65. The summed E-state index contributed by atoms with van der Waals surface area (Å²) in [4.78, 5) is 6.42. The van der Waals surface area contributed by atoms with Crippen molar-refractivity contribution in [3.05, 3.63) is 53.4 Å². The van der Waals surface area contributed by atoms with Gasteiger partial charge in [0.2, 0.25) is 0 Å². The van der Waals surface area contributed by atoms with E-state index in [0.29, 0.717) is 6.54 Å². The fourth-order valence-corrected chi connectivity index (χ4v) is 2.08. The van der Waals surface area contributed by atoms with Crippen LogP contribution in [0.5, 0.6) is 0 Å². The minimum Gasteiger partial charge on any atom is -0.337 e. The van der Waals surface area contributed by atoms with Crippen molar-refractivity contribution in [3.8, 4) is 0 Å². The van der Waals surface area contributed by atoms with Gasteiger partial charge in [-0.05, 0) is 30.3 Å². The van der Waals surface area contributed by atoms with E-state index < -0.39 is 0 Å². The third-order valence-corrected chi connectivity index (χ3v) is 3.16. The number of rotatable bonds is 5. The first-order valence-electron chi connectivity index (χ1n) is 6.22. The summed E-state index contributed by atoms with van der Waals surface area (Å²) in [6.45, 7) is 1.81. The molecular weight excluding hydrogens is 243 g/mol. The number of hydrogen-bond acceptors (Lipinski definition) is 3. The van der Waals surface area contributed by atoms with Crippen molar-refractivity contribution in [2.24, 2.45) is 12.8 Å². The third kappa shape index (κ3) is 3.39. The van der Waals surface area contributed by atoms with E-state index in [0.717, 1.165) is 30.0 Å². The van der Waals surface area contributed by atoms with Crippen molar-refractivity contribution in [2.45, 2.75) is 19.6 Å². The van der Waals surface area contributed by atoms with Gasteiger partial charge < -0.3 is 10.3 Å². The van der Waals surface area contributed by atoms with Crippen LogP contribution in [-0.4, -0.2) is 21.5 Å². The van der Waals surface area contributed by atoms with Crippen LogP contribution in [0.2, 0.25) is 0 Å². The lowest BCUT2D eigenvalue weighted by molar-refractivity contribution is 0.306. The number of benzene rings is 1. The standard InChI is InChI=1S/C14H19FN4/c1-18(10-14-17-5-6-19(14)2)9-11-3-4-13(15)7-12(11)8-16/h3-7H,8-10,16H2,1-2H3. The van der Waals surface area contributed by atoms with Gasteiger partial charge >= 0.3 is 0 Å². The lowest BCUT2D eigenvalue weighted by Crippen LogP contribution is -2.20. The fraction of sp³-hybridized carbons (Fsp3) is 0.357. The Hall–Kier alpha value is -1.72. The highest BCUT2D eigenvalue weighted by Crippen LogP contribution is 2.14. The molecule has 5 heteroatoms. The van der Waals surface area contributed by atoms with Crippen LogP contribution in [0.4, 0.5) is 4.39 Å². The number of nitrogens with two attached hydrogens (primary N) is 1. The molecule has 0 aliphatic heterocycles. The lowest BCUT2D eigenvalue weighted by atomic mass is 10.1. The van der Waals surface area contributed by atoms with Gasteiger partial charge in [0.1, 0.15) is 11.6 Å². The largest absolute Gasteiger partial charge is 0.337 e. The molecule has 0 aliphatic carbocycles. The van der Waals surface area contributed by atoms with Crippen LogP contribution in [0, 0.1) is 5.82 Å². The van der Waals surface area contributed by atoms with E-state index in [1.54, 1.807) is 12.3 Å². The van der Waals surface area contributed by atoms with Crippen molar-refractivity contribution in [3.63, 3.8) is 0 Å². The van der Waals surface area contributed by atoms with Crippen molar-refractivity contribution in [1.82, 2.24) is 14.5 Å². The highest BCUT2D eigenvalue weighted by Gasteiger charge is 2.08. The maximum absolute atomic E-state index is 13.1. The molecule has 0 amide bonds. The fourth-order valence-electron chi connectivity index (χ4n) is 2.08. The Morgan fingerprint density at radius 1 is 1.32 bits per heavy atom. The first-order chi connectivity index (χ1) is 9.10. The molecular formula is C14H19FN4. The van der Waals surface area contributed by atoms with E-state index in [4.69, 9.17) is 5.73 Å². The zero-order valence-electron chi connectivity index (χ0n) is 11.3. The van der Waals surface area contributed by atoms with Gasteiger partial charge in [0.25, 0.3) is 0 Å². The average Bonchev–Trinajstić information content (AvgIpc) is 2.77. The van der Waals surface area contributed by atoms with Gasteiger partial charge in [-0.1, -0.05) is 6.07 Å². The number of aryl methyl sites for hydroxylation is 1. The summed E-state index contributed by atoms with van der Waals surface area (Å²) in [5, 5.41) is 0. The second kappa shape index (κ2) is 5.95. The Morgan fingerprint density at radius 2 is 2.11 bits per heavy atom. The van der Waals surface area contributed by atoms with E-state index in [-0.39, 0.29) is 5.82 Å². The molecule has 0 saturated heterocycles. The molecule has 2 N–H and O–H groups in total. The Morgan fingerprint density at radius 3 is 2.74 bits per heavy atom. The van der Waals surface area contributed by atoms with E-state index in [1.807, 2.05) is 24.9 Å². The SMILES string of the molecule is CN(Cc1ccc(F)cc1CN)Cc1nccn1C. The van der Waals surface area contributed by atoms with Crippen molar-refractivity contribution in [1.29, 1.82) is 0 Å². The molecule has 0 unspecified atom stereocenters. The third-order valence-electron chi connectivity index (χ3n) is 3.16. The van der Waals surface area contributed by atoms with Crippen molar-refractivity contribution >= 4 is 0 Å². The van der Waals surface area contributed by atoms with Gasteiger partial charge in [0.15, 0.2) is 0 Å². The van der Waals surface area contributed by atoms with Crippen LogP contribution in [-0.2, 0) is 26.7 Å². The zero-order valence-corrected chi connectivity index (χ0v) is 11.3. The van der Waals surface area contributed by atoms with Gasteiger partial charge in [0, 0.05) is 32.5 Å². The van der Waals surface area contributed by atoms with Crippen molar-refractivity contribution < 1.29 is 4.39 Å². The summed E-state index contributed by atoms with van der Waals surface area (Å²) in [6.07, 6.45) is 3.71. The smallest absolute Gasteiger partial charge is 0.123 e. The highest BCUT2D eigenvalue weighted by molar-refractivity contribution is 5.27. The second-order valence-corrected chi connectivity index (χ2v) is 4.74. The molecule has 102 valence electrons. The topological polar surface area (TPSA) is 47.1 Å². The summed E-state index contributed by atoms with van der Waals surface area (Å²) in [5.74, 6) is 0.759. The monoisotopic (exact) mass is 262 g/mol. The predicted molar refractivity (Wildman–Crippen MR) is 72.7 cm³/mol. The van der Waals surface area contributed by atoms with E-state index in [2.05, 4.69) is 9.88 Å². The summed E-state index contributed by atoms with van der Waals surface area (Å²) in [5.41, 5.74) is 7.56. The Kier molecular flexibility index (Phi) is 4.29. The summed E-state index contributed by atoms with van der Waals surface area (Å²) in [6, 6.07) is 4.78. The first kappa shape index (κ1) is 13.7. The zero-order chi connectivity index (χ0) is 13.8. The van der Waals surface area contributed by atoms with E-state index >= 15 is 0 Å². The molecule has 1 aromatic heterocycles. The number of hydrogen-bond donors (Lipinski definition) is 1. The molecule has 0 bridgehead atoms. The van der Waals surface area contributed by atoms with Gasteiger partial charge in [-0.15, -0.1) is 0 Å². The molecule has 2 rings (SSSR count). The molecule has 0 spiro atoms. The van der Waals surface area contributed by atoms with Gasteiger partial charge in [-0.25, -0.2) is 9.37 Å². The number of imidazole rings is 1. The molecule has 19 heavy (non-hydrogen) atoms. The summed E-state index contributed by atoms with van der Waals surface area (Å²) in [7, 11) is 3.98. The van der Waals surface area contributed by atoms with Crippen LogP contribution < -0.4 is 5.73 Å². The van der Waals surface area contributed by atoms with Crippen molar-refractivity contribution in [2.75, 3.05) is 7.05 Å². The Balaban J connectivity index is 2.06. The van der Waals surface area contributed by atoms with Crippen LogP contribution in [0.1, 0.15) is 17.0 Å². The molecule has 0 saturated carbocycles. The molecule has 1 heterocycles. The normalized spacial score (nSPS) is 11.2. The summed E-state index contributed by atoms with van der Waals surface area (Å²) >= 11 is 0.